The largest absolute Gasteiger partial charge is 0.322 e. The molecule has 154 valence electrons. The first-order valence-electron chi connectivity index (χ1n) is 10.6. The summed E-state index contributed by atoms with van der Waals surface area (Å²) in [5.74, 6) is 0.0718. The van der Waals surface area contributed by atoms with E-state index in [0.717, 1.165) is 31.1 Å². The lowest BCUT2D eigenvalue weighted by Gasteiger charge is -2.42. The first-order chi connectivity index (χ1) is 13.9. The molecule has 5 rings (SSSR count). The van der Waals surface area contributed by atoms with Gasteiger partial charge in [-0.15, -0.1) is 0 Å². The molecular formula is C22H28N4O3. The second kappa shape index (κ2) is 6.92. The van der Waals surface area contributed by atoms with Gasteiger partial charge in [0.25, 0.3) is 5.91 Å². The smallest absolute Gasteiger partial charge is 0.255 e. The average Bonchev–Trinajstić information content (AvgIpc) is 3.18. The first kappa shape index (κ1) is 18.8. The molecule has 3 atom stereocenters. The zero-order valence-corrected chi connectivity index (χ0v) is 16.9. The first-order valence-corrected chi connectivity index (χ1v) is 10.6. The van der Waals surface area contributed by atoms with Crippen LogP contribution < -0.4 is 10.6 Å². The Morgan fingerprint density at radius 1 is 1.24 bits per heavy atom. The SMILES string of the molecule is CN(Cc1ccc2c(c1)CN(C1CCC(=O)NC1=O)C2=O)C12CCC(CNC1)C2. The van der Waals surface area contributed by atoms with Crippen LogP contribution in [0.15, 0.2) is 18.2 Å². The van der Waals surface area contributed by atoms with Crippen molar-refractivity contribution in [2.45, 2.75) is 56.8 Å². The molecule has 2 bridgehead atoms. The van der Waals surface area contributed by atoms with Crippen molar-refractivity contribution in [3.63, 3.8) is 0 Å². The van der Waals surface area contributed by atoms with Crippen LogP contribution in [0.2, 0.25) is 0 Å². The topological polar surface area (TPSA) is 81.8 Å². The Morgan fingerprint density at radius 3 is 2.93 bits per heavy atom. The third-order valence-electron chi connectivity index (χ3n) is 7.39. The molecule has 0 radical (unpaired) electrons. The number of nitrogens with one attached hydrogen (secondary N) is 2. The number of piperidine rings is 2. The number of carbonyl (C=O) groups is 3. The molecule has 4 aliphatic rings. The number of benzene rings is 1. The Labute approximate surface area is 170 Å². The highest BCUT2D eigenvalue weighted by Crippen LogP contribution is 2.41. The molecule has 3 fully saturated rings. The number of rotatable bonds is 4. The van der Waals surface area contributed by atoms with Crippen LogP contribution in [0.3, 0.4) is 0 Å². The Bertz CT molecular complexity index is 881. The number of imide groups is 1. The van der Waals surface area contributed by atoms with E-state index in [0.29, 0.717) is 18.5 Å². The minimum atomic E-state index is -0.554. The number of hydrogen-bond acceptors (Lipinski definition) is 5. The molecule has 3 amide bonds. The standard InChI is InChI=1S/C22H28N4O3/c1-25(22-7-6-15(9-22)10-23-13-22)11-14-2-3-17-16(8-14)12-26(21(17)29)18-4-5-19(27)24-20(18)28/h2-3,8,15,18,23H,4-7,9-13H2,1H3,(H,24,27,28). The summed E-state index contributed by atoms with van der Waals surface area (Å²) in [7, 11) is 2.21. The van der Waals surface area contributed by atoms with E-state index in [1.54, 1.807) is 4.90 Å². The lowest BCUT2D eigenvalue weighted by Crippen LogP contribution is -2.54. The minimum absolute atomic E-state index is 0.108. The third kappa shape index (κ3) is 3.16. The molecule has 2 saturated heterocycles. The number of amides is 3. The highest BCUT2D eigenvalue weighted by atomic mass is 16.2. The van der Waals surface area contributed by atoms with Gasteiger partial charge in [0.05, 0.1) is 0 Å². The van der Waals surface area contributed by atoms with Crippen molar-refractivity contribution in [2.24, 2.45) is 5.92 Å². The fourth-order valence-corrected chi connectivity index (χ4v) is 5.71. The molecule has 0 aromatic heterocycles. The highest BCUT2D eigenvalue weighted by Gasteiger charge is 2.45. The van der Waals surface area contributed by atoms with E-state index in [4.69, 9.17) is 0 Å². The second-order valence-corrected chi connectivity index (χ2v) is 9.21. The molecule has 3 unspecified atom stereocenters. The third-order valence-corrected chi connectivity index (χ3v) is 7.39. The predicted octanol–water partition coefficient (Wildman–Crippen LogP) is 1.02. The molecule has 2 N–H and O–H groups in total. The summed E-state index contributed by atoms with van der Waals surface area (Å²) in [4.78, 5) is 40.6. The summed E-state index contributed by atoms with van der Waals surface area (Å²) in [6.07, 6.45) is 4.49. The van der Waals surface area contributed by atoms with E-state index in [-0.39, 0.29) is 29.7 Å². The van der Waals surface area contributed by atoms with Gasteiger partial charge in [-0.2, -0.15) is 0 Å². The summed E-state index contributed by atoms with van der Waals surface area (Å²) in [6, 6.07) is 5.51. The molecule has 1 aliphatic carbocycles. The van der Waals surface area contributed by atoms with Crippen LogP contribution in [0.4, 0.5) is 0 Å². The van der Waals surface area contributed by atoms with Crippen LogP contribution >= 0.6 is 0 Å². The van der Waals surface area contributed by atoms with Crippen molar-refractivity contribution in [1.29, 1.82) is 0 Å². The maximum atomic E-state index is 12.8. The molecule has 3 heterocycles. The molecule has 7 heteroatoms. The van der Waals surface area contributed by atoms with Crippen molar-refractivity contribution in [2.75, 3.05) is 20.1 Å². The molecule has 29 heavy (non-hydrogen) atoms. The minimum Gasteiger partial charge on any atom is -0.322 e. The van der Waals surface area contributed by atoms with Crippen LogP contribution in [-0.2, 0) is 22.7 Å². The zero-order chi connectivity index (χ0) is 20.2. The van der Waals surface area contributed by atoms with Gasteiger partial charge < -0.3 is 10.2 Å². The number of fused-ring (bicyclic) bond motifs is 3. The van der Waals surface area contributed by atoms with Gasteiger partial charge >= 0.3 is 0 Å². The maximum absolute atomic E-state index is 12.8. The number of likely N-dealkylation sites (N-methyl/N-ethyl adjacent to an activating group) is 1. The second-order valence-electron chi connectivity index (χ2n) is 9.21. The summed E-state index contributed by atoms with van der Waals surface area (Å²) < 4.78 is 0. The van der Waals surface area contributed by atoms with Crippen molar-refractivity contribution >= 4 is 17.7 Å². The summed E-state index contributed by atoms with van der Waals surface area (Å²) >= 11 is 0. The fourth-order valence-electron chi connectivity index (χ4n) is 5.71. The molecule has 1 aromatic carbocycles. The van der Waals surface area contributed by atoms with Crippen LogP contribution in [-0.4, -0.2) is 59.2 Å². The van der Waals surface area contributed by atoms with E-state index < -0.39 is 6.04 Å². The number of hydrogen-bond donors (Lipinski definition) is 2. The lowest BCUT2D eigenvalue weighted by molar-refractivity contribution is -0.136. The zero-order valence-electron chi connectivity index (χ0n) is 16.9. The molecular weight excluding hydrogens is 368 g/mol. The Balaban J connectivity index is 1.31. The predicted molar refractivity (Wildman–Crippen MR) is 107 cm³/mol. The van der Waals surface area contributed by atoms with Crippen molar-refractivity contribution < 1.29 is 14.4 Å². The van der Waals surface area contributed by atoms with Gasteiger partial charge in [-0.25, -0.2) is 0 Å². The van der Waals surface area contributed by atoms with Gasteiger partial charge in [0.15, 0.2) is 0 Å². The highest BCUT2D eigenvalue weighted by molar-refractivity contribution is 6.05. The van der Waals surface area contributed by atoms with Gasteiger partial charge in [0, 0.05) is 37.2 Å². The normalized spacial score (nSPS) is 31.4. The molecule has 3 aliphatic heterocycles. The Morgan fingerprint density at radius 2 is 2.10 bits per heavy atom. The van der Waals surface area contributed by atoms with Gasteiger partial charge in [-0.1, -0.05) is 12.1 Å². The Kier molecular flexibility index (Phi) is 4.47. The van der Waals surface area contributed by atoms with E-state index in [1.165, 1.54) is 24.8 Å². The molecule has 1 saturated carbocycles. The summed E-state index contributed by atoms with van der Waals surface area (Å²) in [5.41, 5.74) is 3.11. The van der Waals surface area contributed by atoms with Crippen molar-refractivity contribution in [1.82, 2.24) is 20.4 Å². The van der Waals surface area contributed by atoms with Crippen LogP contribution in [0.25, 0.3) is 0 Å². The monoisotopic (exact) mass is 396 g/mol. The van der Waals surface area contributed by atoms with E-state index >= 15 is 0 Å². The van der Waals surface area contributed by atoms with Crippen molar-refractivity contribution in [3.8, 4) is 0 Å². The van der Waals surface area contributed by atoms with Crippen LogP contribution in [0.1, 0.15) is 53.6 Å². The number of nitrogens with zero attached hydrogens (tertiary/aromatic N) is 2. The number of carbonyl (C=O) groups excluding carboxylic acids is 3. The van der Waals surface area contributed by atoms with E-state index in [2.05, 4.69) is 28.6 Å². The summed E-state index contributed by atoms with van der Waals surface area (Å²) in [6.45, 7) is 3.49. The summed E-state index contributed by atoms with van der Waals surface area (Å²) in [5, 5.41) is 5.95. The fraction of sp³-hybridized carbons (Fsp3) is 0.591. The van der Waals surface area contributed by atoms with Gasteiger partial charge in [-0.05, 0) is 62.4 Å². The molecule has 0 spiro atoms. The van der Waals surface area contributed by atoms with Gasteiger partial charge in [-0.3, -0.25) is 24.6 Å². The molecule has 1 aromatic rings. The van der Waals surface area contributed by atoms with E-state index in [1.807, 2.05) is 12.1 Å². The van der Waals surface area contributed by atoms with Gasteiger partial charge in [0.1, 0.15) is 6.04 Å². The van der Waals surface area contributed by atoms with Gasteiger partial charge in [0.2, 0.25) is 11.8 Å². The van der Waals surface area contributed by atoms with E-state index in [9.17, 15) is 14.4 Å². The quantitative estimate of drug-likeness (QED) is 0.743. The Hall–Kier alpha value is -2.25. The average molecular weight is 396 g/mol. The van der Waals surface area contributed by atoms with Crippen molar-refractivity contribution in [3.05, 3.63) is 34.9 Å². The maximum Gasteiger partial charge on any atom is 0.255 e. The lowest BCUT2D eigenvalue weighted by atomic mass is 9.90. The van der Waals surface area contributed by atoms with Crippen LogP contribution in [0, 0.1) is 5.92 Å². The molecule has 7 nitrogen and oxygen atoms in total. The van der Waals surface area contributed by atoms with Crippen LogP contribution in [0.5, 0.6) is 0 Å².